The molecule has 11 N–H and O–H groups in total. The predicted octanol–water partition coefficient (Wildman–Crippen LogP) is -2.22. The molecule has 0 radical (unpaired) electrons. The van der Waals surface area contributed by atoms with E-state index in [2.05, 4.69) is 6.92 Å². The van der Waals surface area contributed by atoms with Gasteiger partial charge in [0.25, 0.3) is 0 Å². The molecule has 3 saturated heterocycles. The molecule has 19 heteroatoms. The normalized spacial score (nSPS) is 52.5. The first-order chi connectivity index (χ1) is 28.8. The topological polar surface area (TPSA) is 308 Å². The molecule has 4 aliphatic carbocycles. The Morgan fingerprint density at radius 2 is 1.31 bits per heavy atom. The summed E-state index contributed by atoms with van der Waals surface area (Å²) in [4.78, 5) is 11.7. The van der Waals surface area contributed by atoms with Gasteiger partial charge in [-0.3, -0.25) is 0 Å². The fourth-order valence-electron chi connectivity index (χ4n) is 12.2. The van der Waals surface area contributed by atoms with Crippen molar-refractivity contribution < 1.29 is 89.0 Å². The summed E-state index contributed by atoms with van der Waals surface area (Å²) < 4.78 is 40.1. The van der Waals surface area contributed by atoms with Crippen LogP contribution in [0.25, 0.3) is 0 Å². The van der Waals surface area contributed by atoms with E-state index in [4.69, 9.17) is 32.8 Å². The average molecular weight is 871 g/mol. The van der Waals surface area contributed by atoms with Crippen LogP contribution < -0.4 is 5.63 Å². The van der Waals surface area contributed by atoms with Crippen molar-refractivity contribution in [2.24, 2.45) is 16.7 Å². The summed E-state index contributed by atoms with van der Waals surface area (Å²) in [5.41, 5.74) is -2.33. The van der Waals surface area contributed by atoms with E-state index in [0.717, 1.165) is 11.1 Å². The number of aliphatic hydroxyl groups excluding tert-OH is 9. The Labute approximate surface area is 352 Å². The molecule has 7 aliphatic rings. The molecule has 0 bridgehead atoms. The molecule has 0 spiro atoms. The SMILES string of the molecule is C[C@@H]1O[C@@H](O[C@@H]2C=C3CC[C@]4(O)[C@H](CC[C@]5(C)[C@@H](c6ccc(=O)oc6)CC[C@@]54O)[C@@]3(C)CC2)[C@H](O)[C@H](O)[C@H]1O[C@@H]1O[C@H](CO)[C@@H](O[C@@H]2O[C@H](CO)[C@@H](O)[C@H](O)[C@H]2O)[C@H](O)[C@H]1O. The largest absolute Gasteiger partial charge is 0.431 e. The highest BCUT2D eigenvalue weighted by molar-refractivity contribution is 5.35. The first-order valence-corrected chi connectivity index (χ1v) is 21.5. The van der Waals surface area contributed by atoms with E-state index < -0.39 is 139 Å². The Kier molecular flexibility index (Phi) is 12.5. The molecule has 8 rings (SSSR count). The van der Waals surface area contributed by atoms with Crippen molar-refractivity contribution in [2.75, 3.05) is 13.2 Å². The molecule has 61 heavy (non-hydrogen) atoms. The Bertz CT molecular complexity index is 1790. The summed E-state index contributed by atoms with van der Waals surface area (Å²) in [6.07, 6.45) is -16.2. The van der Waals surface area contributed by atoms with Gasteiger partial charge >= 0.3 is 5.63 Å². The van der Waals surface area contributed by atoms with Gasteiger partial charge in [-0.05, 0) is 87.2 Å². The van der Waals surface area contributed by atoms with Crippen molar-refractivity contribution in [1.82, 2.24) is 0 Å². The van der Waals surface area contributed by atoms with E-state index in [9.17, 15) is 61.0 Å². The molecule has 19 nitrogen and oxygen atoms in total. The molecule has 344 valence electrons. The second kappa shape index (κ2) is 16.8. The zero-order valence-corrected chi connectivity index (χ0v) is 34.5. The van der Waals surface area contributed by atoms with Gasteiger partial charge in [0.05, 0.1) is 42.9 Å². The van der Waals surface area contributed by atoms with Gasteiger partial charge in [-0.25, -0.2) is 4.79 Å². The zero-order valence-electron chi connectivity index (χ0n) is 34.5. The van der Waals surface area contributed by atoms with Crippen LogP contribution in [-0.4, -0.2) is 179 Å². The van der Waals surface area contributed by atoms with E-state index in [1.807, 2.05) is 13.0 Å². The van der Waals surface area contributed by atoms with E-state index in [1.54, 1.807) is 13.0 Å². The van der Waals surface area contributed by atoms with Crippen LogP contribution in [0.1, 0.15) is 83.6 Å². The van der Waals surface area contributed by atoms with Gasteiger partial charge in [0.2, 0.25) is 0 Å². The minimum absolute atomic E-state index is 0.0882. The van der Waals surface area contributed by atoms with Gasteiger partial charge in [0.15, 0.2) is 18.9 Å². The number of hydrogen-bond donors (Lipinski definition) is 11. The Morgan fingerprint density at radius 3 is 1.97 bits per heavy atom. The highest BCUT2D eigenvalue weighted by Gasteiger charge is 2.73. The Hall–Kier alpha value is -1.99. The maximum Gasteiger partial charge on any atom is 0.335 e. The molecular formula is C42H62O19. The fourth-order valence-corrected chi connectivity index (χ4v) is 12.2. The lowest BCUT2D eigenvalue weighted by Crippen LogP contribution is -2.71. The zero-order chi connectivity index (χ0) is 44.0. The van der Waals surface area contributed by atoms with E-state index >= 15 is 0 Å². The monoisotopic (exact) mass is 870 g/mol. The van der Waals surface area contributed by atoms with Gasteiger partial charge in [0.1, 0.15) is 67.1 Å². The summed E-state index contributed by atoms with van der Waals surface area (Å²) >= 11 is 0. The molecule has 3 aliphatic heterocycles. The van der Waals surface area contributed by atoms with Gasteiger partial charge in [-0.15, -0.1) is 0 Å². The Balaban J connectivity index is 0.901. The molecule has 22 atom stereocenters. The lowest BCUT2D eigenvalue weighted by atomic mass is 9.43. The van der Waals surface area contributed by atoms with E-state index in [0.29, 0.717) is 51.4 Å². The van der Waals surface area contributed by atoms with Crippen molar-refractivity contribution in [2.45, 2.75) is 187 Å². The van der Waals surface area contributed by atoms with Crippen molar-refractivity contribution in [3.8, 4) is 0 Å². The molecule has 3 saturated carbocycles. The van der Waals surface area contributed by atoms with E-state index in [-0.39, 0.29) is 11.8 Å². The molecular weight excluding hydrogens is 808 g/mol. The molecule has 0 unspecified atom stereocenters. The third-order valence-corrected chi connectivity index (χ3v) is 15.8. The quantitative estimate of drug-likeness (QED) is 0.117. The second-order valence-electron chi connectivity index (χ2n) is 18.9. The molecule has 1 aromatic rings. The third kappa shape index (κ3) is 7.29. The summed E-state index contributed by atoms with van der Waals surface area (Å²) in [5.74, 6) is -0.326. The van der Waals surface area contributed by atoms with Crippen LogP contribution in [0.15, 0.2) is 39.3 Å². The maximum absolute atomic E-state index is 12.7. The lowest BCUT2D eigenvalue weighted by molar-refractivity contribution is -0.378. The number of fused-ring (bicyclic) bond motifs is 5. The van der Waals surface area contributed by atoms with E-state index in [1.165, 1.54) is 12.3 Å². The number of rotatable bonds is 9. The second-order valence-corrected chi connectivity index (χ2v) is 18.9. The first kappa shape index (κ1) is 45.6. The predicted molar refractivity (Wildman–Crippen MR) is 205 cm³/mol. The fraction of sp³-hybridized carbons (Fsp3) is 0.833. The van der Waals surface area contributed by atoms with Crippen LogP contribution >= 0.6 is 0 Å². The van der Waals surface area contributed by atoms with Crippen LogP contribution in [0.4, 0.5) is 0 Å². The summed E-state index contributed by atoms with van der Waals surface area (Å²) in [6, 6.07) is 3.15. The van der Waals surface area contributed by atoms with Crippen molar-refractivity contribution in [1.29, 1.82) is 0 Å². The number of ether oxygens (including phenoxy) is 6. The smallest absolute Gasteiger partial charge is 0.335 e. The molecule has 0 amide bonds. The van der Waals surface area contributed by atoms with Gasteiger partial charge in [-0.1, -0.05) is 25.5 Å². The number of aliphatic hydroxyl groups is 11. The van der Waals surface area contributed by atoms with Gasteiger partial charge in [0, 0.05) is 11.5 Å². The molecule has 4 heterocycles. The molecule has 0 aromatic carbocycles. The summed E-state index contributed by atoms with van der Waals surface area (Å²) in [6.45, 7) is 4.20. The maximum atomic E-state index is 12.7. The Morgan fingerprint density at radius 1 is 0.689 bits per heavy atom. The number of hydrogen-bond acceptors (Lipinski definition) is 19. The molecule has 1 aromatic heterocycles. The summed E-state index contributed by atoms with van der Waals surface area (Å²) in [5, 5.41) is 120. The molecule has 6 fully saturated rings. The third-order valence-electron chi connectivity index (χ3n) is 15.8. The van der Waals surface area contributed by atoms with Gasteiger partial charge in [-0.2, -0.15) is 0 Å². The lowest BCUT2D eigenvalue weighted by Gasteiger charge is -2.65. The van der Waals surface area contributed by atoms with Crippen molar-refractivity contribution in [3.63, 3.8) is 0 Å². The van der Waals surface area contributed by atoms with Crippen LogP contribution in [0, 0.1) is 16.7 Å². The highest BCUT2D eigenvalue weighted by atomic mass is 16.8. The highest BCUT2D eigenvalue weighted by Crippen LogP contribution is 2.71. The minimum atomic E-state index is -1.87. The van der Waals surface area contributed by atoms with Crippen LogP contribution in [0.2, 0.25) is 0 Å². The van der Waals surface area contributed by atoms with Crippen molar-refractivity contribution >= 4 is 0 Å². The van der Waals surface area contributed by atoms with Crippen LogP contribution in [0.3, 0.4) is 0 Å². The number of allylic oxidation sites excluding steroid dienone is 1. The standard InChI is InChI=1S/C42H62O19/c1-18-34(60-38-33(52)30(49)35(24(16-44)59-38)61-37-31(50)28(47)27(46)23(15-43)58-37)29(48)32(51)36(56-18)57-21-7-10-39(2)20(14-21)6-12-41(53)25(39)9-11-40(3)22(8-13-42(40,41)54)19-4-5-26(45)55-17-19/h4-5,14,17-18,21-25,27-38,43-44,46-54H,6-13,15-16H2,1-3H3/t18-,21-,22+,23+,24+,25+,27+,28-,29-,30+,31+,32+,33+,34-,35+,36-,37-,38-,39-,40+,41-,42+/m0/s1. The summed E-state index contributed by atoms with van der Waals surface area (Å²) in [7, 11) is 0. The van der Waals surface area contributed by atoms with Crippen molar-refractivity contribution in [3.05, 3.63) is 46.0 Å². The van der Waals surface area contributed by atoms with Crippen LogP contribution in [0.5, 0.6) is 0 Å². The average Bonchev–Trinajstić information content (AvgIpc) is 3.52. The first-order valence-electron chi connectivity index (χ1n) is 21.5. The van der Waals surface area contributed by atoms with Crippen LogP contribution in [-0.2, 0) is 28.4 Å². The minimum Gasteiger partial charge on any atom is -0.431 e. The van der Waals surface area contributed by atoms with Gasteiger partial charge < -0.3 is 89.0 Å².